The van der Waals surface area contributed by atoms with Gasteiger partial charge in [0.1, 0.15) is 6.61 Å². The number of benzene rings is 2. The zero-order valence-corrected chi connectivity index (χ0v) is 16.9. The lowest BCUT2D eigenvalue weighted by atomic mass is 9.99. The number of tetrazole rings is 1. The first-order chi connectivity index (χ1) is 14.1. The van der Waals surface area contributed by atoms with Gasteiger partial charge < -0.3 is 4.84 Å². The number of oxime groups is 1. The van der Waals surface area contributed by atoms with Gasteiger partial charge in [-0.15, -0.1) is 0 Å². The first-order valence-corrected chi connectivity index (χ1v) is 9.03. The van der Waals surface area contributed by atoms with Gasteiger partial charge in [-0.3, -0.25) is 0 Å². The molecule has 7 nitrogen and oxygen atoms in total. The molecular formula is C20H20F3N5O2. The molecule has 0 saturated carbocycles. The van der Waals surface area contributed by atoms with Crippen LogP contribution in [0.4, 0.5) is 13.2 Å². The number of hydrogen-bond donors (Lipinski definition) is 0. The third-order valence-electron chi connectivity index (χ3n) is 4.77. The van der Waals surface area contributed by atoms with Gasteiger partial charge in [0.2, 0.25) is 0 Å². The Labute approximate surface area is 170 Å². The van der Waals surface area contributed by atoms with Gasteiger partial charge in [-0.2, -0.15) is 22.5 Å². The molecule has 0 atom stereocenters. The topological polar surface area (TPSA) is 74.3 Å². The second kappa shape index (κ2) is 8.13. The second-order valence-corrected chi connectivity index (χ2v) is 6.80. The van der Waals surface area contributed by atoms with E-state index in [4.69, 9.17) is 4.84 Å². The highest BCUT2D eigenvalue weighted by atomic mass is 19.4. The third kappa shape index (κ3) is 4.12. The molecular weight excluding hydrogens is 399 g/mol. The molecule has 0 saturated heterocycles. The molecule has 10 heteroatoms. The molecule has 0 aliphatic carbocycles. The average Bonchev–Trinajstić information content (AvgIpc) is 3.01. The Morgan fingerprint density at radius 2 is 1.83 bits per heavy atom. The number of aromatic nitrogens is 4. The van der Waals surface area contributed by atoms with E-state index in [1.54, 1.807) is 25.1 Å². The predicted molar refractivity (Wildman–Crippen MR) is 105 cm³/mol. The number of hydrogen-bond acceptors (Lipinski definition) is 5. The molecule has 0 aliphatic heterocycles. The maximum atomic E-state index is 13.1. The van der Waals surface area contributed by atoms with Crippen LogP contribution in [0.2, 0.25) is 0 Å². The monoisotopic (exact) mass is 419 g/mol. The molecule has 0 fully saturated rings. The van der Waals surface area contributed by atoms with Gasteiger partial charge in [-0.25, -0.2) is 4.79 Å². The second-order valence-electron chi connectivity index (χ2n) is 6.80. The number of rotatable bonds is 5. The fraction of sp³-hybridized carbons (Fsp3) is 0.300. The van der Waals surface area contributed by atoms with Crippen molar-refractivity contribution in [2.45, 2.75) is 33.6 Å². The highest BCUT2D eigenvalue weighted by Crippen LogP contribution is 2.33. The summed E-state index contributed by atoms with van der Waals surface area (Å²) in [5, 5.41) is 11.5. The van der Waals surface area contributed by atoms with Crippen LogP contribution in [0.1, 0.15) is 34.7 Å². The van der Waals surface area contributed by atoms with Gasteiger partial charge in [0.25, 0.3) is 0 Å². The zero-order chi connectivity index (χ0) is 22.1. The minimum absolute atomic E-state index is 0.000367. The Bertz CT molecular complexity index is 1160. The standard InChI is InChI=1S/C20H20F3N5O2/c1-12-7-5-10-18(28-19(29)27(4)25-26-28)16(12)11-30-24-14(3)15-8-6-9-17(13(15)2)20(21,22)23/h5-10H,11H2,1-4H3. The van der Waals surface area contributed by atoms with Crippen molar-refractivity contribution in [2.24, 2.45) is 12.2 Å². The molecule has 0 unspecified atom stereocenters. The molecule has 3 rings (SSSR count). The third-order valence-corrected chi connectivity index (χ3v) is 4.77. The quantitative estimate of drug-likeness (QED) is 0.468. The van der Waals surface area contributed by atoms with Crippen molar-refractivity contribution in [2.75, 3.05) is 0 Å². The smallest absolute Gasteiger partial charge is 0.391 e. The van der Waals surface area contributed by atoms with Crippen LogP contribution in [-0.4, -0.2) is 25.5 Å². The molecule has 0 radical (unpaired) electrons. The summed E-state index contributed by atoms with van der Waals surface area (Å²) in [5.41, 5.74) is 1.61. The first kappa shape index (κ1) is 21.3. The number of alkyl halides is 3. The van der Waals surface area contributed by atoms with Crippen molar-refractivity contribution < 1.29 is 18.0 Å². The van der Waals surface area contributed by atoms with Crippen molar-refractivity contribution in [1.29, 1.82) is 0 Å². The number of halogens is 3. The summed E-state index contributed by atoms with van der Waals surface area (Å²) in [5.74, 6) is 0. The van der Waals surface area contributed by atoms with Crippen molar-refractivity contribution in [3.05, 3.63) is 74.7 Å². The summed E-state index contributed by atoms with van der Waals surface area (Å²) >= 11 is 0. The molecule has 3 aromatic rings. The fourth-order valence-electron chi connectivity index (χ4n) is 3.12. The lowest BCUT2D eigenvalue weighted by Gasteiger charge is -2.14. The van der Waals surface area contributed by atoms with E-state index in [0.717, 1.165) is 21.0 Å². The number of nitrogens with zero attached hydrogens (tertiary/aromatic N) is 5. The largest absolute Gasteiger partial charge is 0.416 e. The average molecular weight is 419 g/mol. The summed E-state index contributed by atoms with van der Waals surface area (Å²) < 4.78 is 41.7. The molecule has 30 heavy (non-hydrogen) atoms. The van der Waals surface area contributed by atoms with Crippen LogP contribution in [0, 0.1) is 13.8 Å². The van der Waals surface area contributed by atoms with E-state index in [2.05, 4.69) is 15.6 Å². The van der Waals surface area contributed by atoms with Crippen LogP contribution in [0.5, 0.6) is 0 Å². The summed E-state index contributed by atoms with van der Waals surface area (Å²) in [6, 6.07) is 9.25. The molecule has 1 heterocycles. The van der Waals surface area contributed by atoms with Gasteiger partial charge in [0.05, 0.1) is 17.0 Å². The molecule has 1 aromatic heterocycles. The lowest BCUT2D eigenvalue weighted by Crippen LogP contribution is -2.23. The lowest BCUT2D eigenvalue weighted by molar-refractivity contribution is -0.138. The molecule has 0 spiro atoms. The van der Waals surface area contributed by atoms with E-state index in [1.165, 1.54) is 20.0 Å². The van der Waals surface area contributed by atoms with E-state index in [9.17, 15) is 18.0 Å². The van der Waals surface area contributed by atoms with Gasteiger partial charge in [-0.05, 0) is 54.5 Å². The van der Waals surface area contributed by atoms with Crippen molar-refractivity contribution >= 4 is 5.71 Å². The minimum Gasteiger partial charge on any atom is -0.391 e. The van der Waals surface area contributed by atoms with Crippen LogP contribution in [-0.2, 0) is 24.7 Å². The van der Waals surface area contributed by atoms with Crippen LogP contribution in [0.15, 0.2) is 46.3 Å². The van der Waals surface area contributed by atoms with Crippen molar-refractivity contribution in [3.63, 3.8) is 0 Å². The van der Waals surface area contributed by atoms with Gasteiger partial charge in [0, 0.05) is 18.2 Å². The summed E-state index contributed by atoms with van der Waals surface area (Å²) in [6.07, 6.45) is -4.44. The van der Waals surface area contributed by atoms with E-state index >= 15 is 0 Å². The van der Waals surface area contributed by atoms with E-state index < -0.39 is 17.4 Å². The van der Waals surface area contributed by atoms with Crippen molar-refractivity contribution in [1.82, 2.24) is 19.8 Å². The van der Waals surface area contributed by atoms with Crippen LogP contribution < -0.4 is 5.69 Å². The SMILES string of the molecule is CC(=NOCc1c(C)cccc1-n1nnn(C)c1=O)c1cccc(C(F)(F)F)c1C. The van der Waals surface area contributed by atoms with Crippen LogP contribution in [0.3, 0.4) is 0 Å². The van der Waals surface area contributed by atoms with E-state index in [-0.39, 0.29) is 12.2 Å². The predicted octanol–water partition coefficient (Wildman–Crippen LogP) is 3.54. The van der Waals surface area contributed by atoms with Crippen LogP contribution in [0.25, 0.3) is 5.69 Å². The molecule has 0 amide bonds. The van der Waals surface area contributed by atoms with Gasteiger partial charge in [-0.1, -0.05) is 29.4 Å². The Kier molecular flexibility index (Phi) is 5.77. The highest BCUT2D eigenvalue weighted by Gasteiger charge is 2.33. The molecule has 0 N–H and O–H groups in total. The highest BCUT2D eigenvalue weighted by molar-refractivity contribution is 5.99. The minimum atomic E-state index is -4.44. The van der Waals surface area contributed by atoms with Gasteiger partial charge >= 0.3 is 11.9 Å². The first-order valence-electron chi connectivity index (χ1n) is 9.03. The molecule has 0 aliphatic rings. The fourth-order valence-corrected chi connectivity index (χ4v) is 3.12. The molecule has 158 valence electrons. The van der Waals surface area contributed by atoms with E-state index in [0.29, 0.717) is 22.5 Å². The Hall–Kier alpha value is -3.43. The van der Waals surface area contributed by atoms with E-state index in [1.807, 2.05) is 13.0 Å². The summed E-state index contributed by atoms with van der Waals surface area (Å²) in [4.78, 5) is 17.6. The molecule has 0 bridgehead atoms. The maximum absolute atomic E-state index is 13.1. The number of aryl methyl sites for hydroxylation is 2. The zero-order valence-electron chi connectivity index (χ0n) is 16.9. The normalized spacial score (nSPS) is 12.3. The van der Waals surface area contributed by atoms with Gasteiger partial charge in [0.15, 0.2) is 0 Å². The van der Waals surface area contributed by atoms with Crippen molar-refractivity contribution in [3.8, 4) is 5.69 Å². The Morgan fingerprint density at radius 1 is 1.13 bits per heavy atom. The Morgan fingerprint density at radius 3 is 2.47 bits per heavy atom. The molecule has 2 aromatic carbocycles. The Balaban J connectivity index is 1.88. The van der Waals surface area contributed by atoms with Crippen LogP contribution >= 0.6 is 0 Å². The summed E-state index contributed by atoms with van der Waals surface area (Å²) in [6.45, 7) is 4.82. The summed E-state index contributed by atoms with van der Waals surface area (Å²) in [7, 11) is 1.49. The maximum Gasteiger partial charge on any atom is 0.416 e.